The van der Waals surface area contributed by atoms with Crippen LogP contribution in [0.25, 0.3) is 0 Å². The molecule has 0 saturated heterocycles. The summed E-state index contributed by atoms with van der Waals surface area (Å²) in [5.41, 5.74) is 0.908. The first kappa shape index (κ1) is 17.6. The fourth-order valence-electron chi connectivity index (χ4n) is 2.40. The van der Waals surface area contributed by atoms with E-state index >= 15 is 0 Å². The summed E-state index contributed by atoms with van der Waals surface area (Å²) in [6, 6.07) is 3.42. The lowest BCUT2D eigenvalue weighted by molar-refractivity contribution is -0.154. The van der Waals surface area contributed by atoms with Crippen molar-refractivity contribution in [3.8, 4) is 5.75 Å². The lowest BCUT2D eigenvalue weighted by Gasteiger charge is -2.34. The molecule has 128 valence electrons. The van der Waals surface area contributed by atoms with Crippen molar-refractivity contribution in [1.29, 1.82) is 0 Å². The summed E-state index contributed by atoms with van der Waals surface area (Å²) >= 11 is 0. The standard InChI is InChI=1S/C17H23F2NO3/c1-11-7-13(22-14-9-17(18,19)10-14)8-12(20-11)5-6-15(21)23-16(2,3)4/h7-8,14H,5-6,9-10H2,1-4H3. The summed E-state index contributed by atoms with van der Waals surface area (Å²) in [5, 5.41) is 0. The first-order chi connectivity index (χ1) is 10.5. The Morgan fingerprint density at radius 1 is 1.35 bits per heavy atom. The average Bonchev–Trinajstić information content (AvgIpc) is 2.31. The van der Waals surface area contributed by atoms with E-state index in [1.54, 1.807) is 19.1 Å². The molecule has 0 amide bonds. The molecule has 2 rings (SSSR count). The van der Waals surface area contributed by atoms with Crippen LogP contribution in [0.5, 0.6) is 5.75 Å². The van der Waals surface area contributed by atoms with E-state index in [2.05, 4.69) is 4.98 Å². The zero-order valence-corrected chi connectivity index (χ0v) is 14.0. The van der Waals surface area contributed by atoms with Gasteiger partial charge in [0.2, 0.25) is 0 Å². The van der Waals surface area contributed by atoms with Crippen LogP contribution in [-0.4, -0.2) is 28.6 Å². The van der Waals surface area contributed by atoms with Crippen LogP contribution in [0, 0.1) is 6.92 Å². The van der Waals surface area contributed by atoms with E-state index in [1.807, 2.05) is 20.8 Å². The number of hydrogen-bond donors (Lipinski definition) is 0. The highest BCUT2D eigenvalue weighted by atomic mass is 19.3. The molecule has 0 aliphatic heterocycles. The minimum Gasteiger partial charge on any atom is -0.490 e. The molecule has 1 aromatic rings. The molecule has 1 aromatic heterocycles. The Morgan fingerprint density at radius 2 is 2.00 bits per heavy atom. The normalized spacial score (nSPS) is 17.5. The summed E-state index contributed by atoms with van der Waals surface area (Å²) in [6.07, 6.45) is -0.309. The summed E-state index contributed by atoms with van der Waals surface area (Å²) < 4.78 is 36.5. The van der Waals surface area contributed by atoms with E-state index < -0.39 is 17.6 Å². The lowest BCUT2D eigenvalue weighted by Crippen LogP contribution is -2.43. The van der Waals surface area contributed by atoms with Gasteiger partial charge in [-0.2, -0.15) is 0 Å². The van der Waals surface area contributed by atoms with Crippen LogP contribution in [0.1, 0.15) is 51.4 Å². The van der Waals surface area contributed by atoms with Crippen molar-refractivity contribution in [2.75, 3.05) is 0 Å². The third-order valence-electron chi connectivity index (χ3n) is 3.34. The van der Waals surface area contributed by atoms with E-state index in [0.717, 1.165) is 5.69 Å². The molecule has 0 radical (unpaired) electrons. The Bertz CT molecular complexity index is 574. The van der Waals surface area contributed by atoms with Gasteiger partial charge in [0, 0.05) is 42.8 Å². The van der Waals surface area contributed by atoms with Crippen LogP contribution in [0.2, 0.25) is 0 Å². The van der Waals surface area contributed by atoms with Crippen molar-refractivity contribution in [2.24, 2.45) is 0 Å². The van der Waals surface area contributed by atoms with Crippen LogP contribution in [-0.2, 0) is 16.0 Å². The van der Waals surface area contributed by atoms with Crippen molar-refractivity contribution in [3.05, 3.63) is 23.5 Å². The molecule has 1 heterocycles. The molecule has 0 N–H and O–H groups in total. The second-order valence-corrected chi connectivity index (χ2v) is 7.03. The SMILES string of the molecule is Cc1cc(OC2CC(F)(F)C2)cc(CCC(=O)OC(C)(C)C)n1. The number of aromatic nitrogens is 1. The molecule has 0 bridgehead atoms. The number of nitrogens with zero attached hydrogens (tertiary/aromatic N) is 1. The van der Waals surface area contributed by atoms with Gasteiger partial charge in [0.15, 0.2) is 0 Å². The zero-order chi connectivity index (χ0) is 17.3. The number of pyridine rings is 1. The van der Waals surface area contributed by atoms with Crippen molar-refractivity contribution in [3.63, 3.8) is 0 Å². The molecule has 0 atom stereocenters. The molecule has 1 fully saturated rings. The highest BCUT2D eigenvalue weighted by molar-refractivity contribution is 5.70. The summed E-state index contributed by atoms with van der Waals surface area (Å²) in [7, 11) is 0. The van der Waals surface area contributed by atoms with Gasteiger partial charge in [-0.05, 0) is 27.7 Å². The minimum atomic E-state index is -2.60. The third-order valence-corrected chi connectivity index (χ3v) is 3.34. The van der Waals surface area contributed by atoms with Crippen molar-refractivity contribution < 1.29 is 23.0 Å². The van der Waals surface area contributed by atoms with Gasteiger partial charge in [-0.25, -0.2) is 8.78 Å². The number of hydrogen-bond acceptors (Lipinski definition) is 4. The van der Waals surface area contributed by atoms with Crippen LogP contribution >= 0.6 is 0 Å². The van der Waals surface area contributed by atoms with E-state index in [1.165, 1.54) is 0 Å². The van der Waals surface area contributed by atoms with Crippen molar-refractivity contribution in [1.82, 2.24) is 4.98 Å². The Hall–Kier alpha value is -1.72. The number of aryl methyl sites for hydroxylation is 2. The first-order valence-electron chi connectivity index (χ1n) is 7.76. The van der Waals surface area contributed by atoms with Crippen molar-refractivity contribution >= 4 is 5.97 Å². The van der Waals surface area contributed by atoms with Gasteiger partial charge in [-0.1, -0.05) is 0 Å². The molecule has 23 heavy (non-hydrogen) atoms. The largest absolute Gasteiger partial charge is 0.490 e. The molecule has 1 aliphatic carbocycles. The summed E-state index contributed by atoms with van der Waals surface area (Å²) in [5.74, 6) is -2.37. The van der Waals surface area contributed by atoms with Crippen LogP contribution in [0.3, 0.4) is 0 Å². The Labute approximate surface area is 135 Å². The van der Waals surface area contributed by atoms with Crippen LogP contribution < -0.4 is 4.74 Å². The van der Waals surface area contributed by atoms with Crippen LogP contribution in [0.15, 0.2) is 12.1 Å². The fourth-order valence-corrected chi connectivity index (χ4v) is 2.40. The smallest absolute Gasteiger partial charge is 0.306 e. The molecular weight excluding hydrogens is 304 g/mol. The summed E-state index contributed by atoms with van der Waals surface area (Å²) in [4.78, 5) is 16.1. The predicted octanol–water partition coefficient (Wildman–Crippen LogP) is 3.84. The highest BCUT2D eigenvalue weighted by Crippen LogP contribution is 2.39. The molecule has 0 spiro atoms. The minimum absolute atomic E-state index is 0.217. The fraction of sp³-hybridized carbons (Fsp3) is 0.647. The van der Waals surface area contributed by atoms with Crippen LogP contribution in [0.4, 0.5) is 8.78 Å². The maximum Gasteiger partial charge on any atom is 0.306 e. The van der Waals surface area contributed by atoms with E-state index in [0.29, 0.717) is 17.9 Å². The quantitative estimate of drug-likeness (QED) is 0.771. The Morgan fingerprint density at radius 3 is 2.57 bits per heavy atom. The van der Waals surface area contributed by atoms with E-state index in [9.17, 15) is 13.6 Å². The van der Waals surface area contributed by atoms with Crippen molar-refractivity contribution in [2.45, 2.75) is 71.0 Å². The van der Waals surface area contributed by atoms with Gasteiger partial charge in [0.25, 0.3) is 5.92 Å². The second kappa shape index (κ2) is 6.42. The zero-order valence-electron chi connectivity index (χ0n) is 14.0. The number of alkyl halides is 2. The second-order valence-electron chi connectivity index (χ2n) is 7.03. The molecular formula is C17H23F2NO3. The molecule has 4 nitrogen and oxygen atoms in total. The maximum atomic E-state index is 12.9. The summed E-state index contributed by atoms with van der Waals surface area (Å²) in [6.45, 7) is 7.25. The lowest BCUT2D eigenvalue weighted by atomic mass is 9.91. The van der Waals surface area contributed by atoms with Gasteiger partial charge >= 0.3 is 5.97 Å². The number of carbonyl (C=O) groups is 1. The third kappa shape index (κ3) is 5.77. The van der Waals surface area contributed by atoms with Gasteiger partial charge in [-0.3, -0.25) is 9.78 Å². The molecule has 6 heteroatoms. The average molecular weight is 327 g/mol. The monoisotopic (exact) mass is 327 g/mol. The van der Waals surface area contributed by atoms with Gasteiger partial charge in [-0.15, -0.1) is 0 Å². The van der Waals surface area contributed by atoms with Gasteiger partial charge in [0.05, 0.1) is 6.42 Å². The number of ether oxygens (including phenoxy) is 2. The number of carbonyl (C=O) groups excluding carboxylic acids is 1. The van der Waals surface area contributed by atoms with Gasteiger partial charge < -0.3 is 9.47 Å². The Balaban J connectivity index is 1.91. The highest BCUT2D eigenvalue weighted by Gasteiger charge is 2.47. The topological polar surface area (TPSA) is 48.4 Å². The van der Waals surface area contributed by atoms with Gasteiger partial charge in [0.1, 0.15) is 17.5 Å². The number of rotatable bonds is 5. The predicted molar refractivity (Wildman–Crippen MR) is 81.7 cm³/mol. The van der Waals surface area contributed by atoms with E-state index in [-0.39, 0.29) is 25.2 Å². The van der Waals surface area contributed by atoms with E-state index in [4.69, 9.17) is 9.47 Å². The molecule has 0 aromatic carbocycles. The maximum absolute atomic E-state index is 12.9. The number of halogens is 2. The molecule has 1 aliphatic rings. The Kier molecular flexibility index (Phi) is 4.92. The molecule has 1 saturated carbocycles. The molecule has 0 unspecified atom stereocenters. The first-order valence-corrected chi connectivity index (χ1v) is 7.76. The number of esters is 1.